The highest BCUT2D eigenvalue weighted by molar-refractivity contribution is 14.1. The predicted molar refractivity (Wildman–Crippen MR) is 65.8 cm³/mol. The van der Waals surface area contributed by atoms with Gasteiger partial charge < -0.3 is 4.74 Å². The van der Waals surface area contributed by atoms with Gasteiger partial charge in [-0.15, -0.1) is 11.3 Å². The lowest BCUT2D eigenvalue weighted by molar-refractivity contribution is 0.418. The minimum atomic E-state index is 1.02. The Bertz CT molecular complexity index is 447. The zero-order valence-electron chi connectivity index (χ0n) is 7.43. The number of benzene rings is 1. The van der Waals surface area contributed by atoms with E-state index in [1.165, 1.54) is 18.5 Å². The second-order valence-corrected chi connectivity index (χ2v) is 5.33. The molecular formula is C10H9IOS. The molecule has 0 unspecified atom stereocenters. The first-order valence-electron chi connectivity index (χ1n) is 3.95. The van der Waals surface area contributed by atoms with Gasteiger partial charge in [-0.3, -0.25) is 0 Å². The van der Waals surface area contributed by atoms with Gasteiger partial charge in [0.2, 0.25) is 0 Å². The highest BCUT2D eigenvalue weighted by Crippen LogP contribution is 2.37. The normalized spacial score (nSPS) is 10.7. The third-order valence-corrected chi connectivity index (χ3v) is 3.70. The summed E-state index contributed by atoms with van der Waals surface area (Å²) in [6.07, 6.45) is 0. The lowest BCUT2D eigenvalue weighted by atomic mass is 10.2. The molecule has 1 nitrogen and oxygen atoms in total. The van der Waals surface area contributed by atoms with E-state index in [-0.39, 0.29) is 0 Å². The van der Waals surface area contributed by atoms with Crippen LogP contribution in [0.5, 0.6) is 5.75 Å². The average molecular weight is 304 g/mol. The molecule has 3 heteroatoms. The van der Waals surface area contributed by atoms with E-state index in [4.69, 9.17) is 4.74 Å². The molecule has 0 fully saturated rings. The van der Waals surface area contributed by atoms with Gasteiger partial charge in [0.15, 0.2) is 0 Å². The second-order valence-electron chi connectivity index (χ2n) is 2.83. The van der Waals surface area contributed by atoms with Crippen LogP contribution in [0.2, 0.25) is 0 Å². The van der Waals surface area contributed by atoms with Crippen LogP contribution in [-0.4, -0.2) is 7.11 Å². The van der Waals surface area contributed by atoms with Crippen LogP contribution in [-0.2, 0) is 0 Å². The van der Waals surface area contributed by atoms with Gasteiger partial charge in [-0.1, -0.05) is 0 Å². The standard InChI is InChI=1S/C10H9IOS/c1-6-10(12-2)8-4-3-7(11)5-9(8)13-6/h3-5H,1-2H3. The molecule has 2 aromatic rings. The van der Waals surface area contributed by atoms with Gasteiger partial charge in [-0.25, -0.2) is 0 Å². The van der Waals surface area contributed by atoms with Gasteiger partial charge in [-0.05, 0) is 47.7 Å². The van der Waals surface area contributed by atoms with Gasteiger partial charge >= 0.3 is 0 Å². The molecule has 1 heterocycles. The van der Waals surface area contributed by atoms with E-state index in [1.807, 2.05) is 0 Å². The van der Waals surface area contributed by atoms with Crippen molar-refractivity contribution in [3.05, 3.63) is 26.6 Å². The van der Waals surface area contributed by atoms with Crippen molar-refractivity contribution < 1.29 is 4.74 Å². The zero-order chi connectivity index (χ0) is 9.42. The minimum Gasteiger partial charge on any atom is -0.495 e. The number of halogens is 1. The van der Waals surface area contributed by atoms with E-state index in [0.29, 0.717) is 0 Å². The maximum Gasteiger partial charge on any atom is 0.140 e. The maximum atomic E-state index is 5.35. The van der Waals surface area contributed by atoms with Crippen LogP contribution in [0.25, 0.3) is 10.1 Å². The van der Waals surface area contributed by atoms with Crippen LogP contribution >= 0.6 is 33.9 Å². The molecule has 0 spiro atoms. The molecule has 0 atom stereocenters. The zero-order valence-corrected chi connectivity index (χ0v) is 10.4. The fourth-order valence-electron chi connectivity index (χ4n) is 1.42. The molecule has 0 bridgehead atoms. The number of rotatable bonds is 1. The minimum absolute atomic E-state index is 1.02. The Balaban J connectivity index is 2.79. The number of fused-ring (bicyclic) bond motifs is 1. The lowest BCUT2D eigenvalue weighted by Gasteiger charge is -1.97. The number of thiophene rings is 1. The molecule has 2 rings (SSSR count). The Morgan fingerprint density at radius 3 is 2.85 bits per heavy atom. The second kappa shape index (κ2) is 3.46. The topological polar surface area (TPSA) is 9.23 Å². The van der Waals surface area contributed by atoms with Crippen LogP contribution in [0.15, 0.2) is 18.2 Å². The molecule has 0 aliphatic carbocycles. The third kappa shape index (κ3) is 1.55. The largest absolute Gasteiger partial charge is 0.495 e. The summed E-state index contributed by atoms with van der Waals surface area (Å²) in [7, 11) is 1.73. The number of methoxy groups -OCH3 is 1. The molecule has 0 saturated heterocycles. The fourth-order valence-corrected chi connectivity index (χ4v) is 3.20. The summed E-state index contributed by atoms with van der Waals surface area (Å²) in [5.41, 5.74) is 0. The van der Waals surface area contributed by atoms with Gasteiger partial charge in [0.25, 0.3) is 0 Å². The Kier molecular flexibility index (Phi) is 2.47. The molecule has 13 heavy (non-hydrogen) atoms. The van der Waals surface area contributed by atoms with Gasteiger partial charge in [0, 0.05) is 18.5 Å². The SMILES string of the molecule is COc1c(C)sc2cc(I)ccc12. The Morgan fingerprint density at radius 1 is 1.38 bits per heavy atom. The monoisotopic (exact) mass is 304 g/mol. The van der Waals surface area contributed by atoms with Crippen LogP contribution in [0.4, 0.5) is 0 Å². The molecule has 0 amide bonds. The number of hydrogen-bond donors (Lipinski definition) is 0. The molecule has 0 saturated carbocycles. The van der Waals surface area contributed by atoms with Gasteiger partial charge in [0.05, 0.1) is 7.11 Å². The first-order chi connectivity index (χ1) is 6.22. The highest BCUT2D eigenvalue weighted by atomic mass is 127. The van der Waals surface area contributed by atoms with E-state index >= 15 is 0 Å². The molecule has 0 aliphatic heterocycles. The first-order valence-corrected chi connectivity index (χ1v) is 5.84. The number of ether oxygens (including phenoxy) is 1. The highest BCUT2D eigenvalue weighted by Gasteiger charge is 2.08. The van der Waals surface area contributed by atoms with Crippen molar-refractivity contribution in [1.29, 1.82) is 0 Å². The van der Waals surface area contributed by atoms with Gasteiger partial charge in [0.1, 0.15) is 5.75 Å². The summed E-state index contributed by atoms with van der Waals surface area (Å²) in [5, 5.41) is 1.23. The molecular weight excluding hydrogens is 295 g/mol. The summed E-state index contributed by atoms with van der Waals surface area (Å²) >= 11 is 4.11. The van der Waals surface area contributed by atoms with E-state index < -0.39 is 0 Å². The summed E-state index contributed by atoms with van der Waals surface area (Å²) in [5.74, 6) is 1.02. The van der Waals surface area contributed by atoms with Crippen molar-refractivity contribution in [2.75, 3.05) is 7.11 Å². The maximum absolute atomic E-state index is 5.35. The molecule has 0 radical (unpaired) electrons. The van der Waals surface area contributed by atoms with Crippen LogP contribution in [0.1, 0.15) is 4.88 Å². The van der Waals surface area contributed by atoms with E-state index in [2.05, 4.69) is 47.7 Å². The van der Waals surface area contributed by atoms with Crippen molar-refractivity contribution in [3.63, 3.8) is 0 Å². The summed E-state index contributed by atoms with van der Waals surface area (Å²) in [6, 6.07) is 6.42. The molecule has 1 aromatic heterocycles. The quantitative estimate of drug-likeness (QED) is 0.728. The third-order valence-electron chi connectivity index (χ3n) is 1.98. The smallest absolute Gasteiger partial charge is 0.140 e. The van der Waals surface area contributed by atoms with Crippen molar-refractivity contribution >= 4 is 44.0 Å². The average Bonchev–Trinajstić information content (AvgIpc) is 2.39. The molecule has 0 aliphatic rings. The van der Waals surface area contributed by atoms with Crippen molar-refractivity contribution in [2.24, 2.45) is 0 Å². The summed E-state index contributed by atoms with van der Waals surface area (Å²) < 4.78 is 7.93. The number of aryl methyl sites for hydroxylation is 1. The Hall–Kier alpha value is -0.290. The van der Waals surface area contributed by atoms with Crippen LogP contribution in [0.3, 0.4) is 0 Å². The fraction of sp³-hybridized carbons (Fsp3) is 0.200. The summed E-state index contributed by atoms with van der Waals surface area (Å²) in [6.45, 7) is 2.09. The van der Waals surface area contributed by atoms with Gasteiger partial charge in [-0.2, -0.15) is 0 Å². The molecule has 1 aromatic carbocycles. The van der Waals surface area contributed by atoms with E-state index in [1.54, 1.807) is 18.4 Å². The van der Waals surface area contributed by atoms with Crippen LogP contribution in [0, 0.1) is 10.5 Å². The van der Waals surface area contributed by atoms with Crippen LogP contribution < -0.4 is 4.74 Å². The number of hydrogen-bond acceptors (Lipinski definition) is 2. The molecule has 68 valence electrons. The van der Waals surface area contributed by atoms with Crippen molar-refractivity contribution in [3.8, 4) is 5.75 Å². The summed E-state index contributed by atoms with van der Waals surface area (Å²) in [4.78, 5) is 1.25. The van der Waals surface area contributed by atoms with Crippen molar-refractivity contribution in [2.45, 2.75) is 6.92 Å². The van der Waals surface area contributed by atoms with E-state index in [9.17, 15) is 0 Å². The van der Waals surface area contributed by atoms with Crippen molar-refractivity contribution in [1.82, 2.24) is 0 Å². The lowest BCUT2D eigenvalue weighted by Crippen LogP contribution is -1.81. The molecule has 0 N–H and O–H groups in total. The van der Waals surface area contributed by atoms with E-state index in [0.717, 1.165) is 5.75 Å². The Labute approximate surface area is 94.9 Å². The first kappa shape index (κ1) is 9.27. The Morgan fingerprint density at radius 2 is 2.15 bits per heavy atom. The predicted octanol–water partition coefficient (Wildman–Crippen LogP) is 3.82.